The number of amides is 1. The maximum absolute atomic E-state index is 12.5. The topological polar surface area (TPSA) is 101 Å². The maximum atomic E-state index is 12.5. The number of pyridine rings is 1. The number of rotatable bonds is 8. The number of hydrogen-bond acceptors (Lipinski definition) is 7. The van der Waals surface area contributed by atoms with Gasteiger partial charge >= 0.3 is 0 Å². The maximum Gasteiger partial charge on any atom is 0.228 e. The monoisotopic (exact) mass is 454 g/mol. The number of anilines is 5. The molecule has 1 amide bonds. The summed E-state index contributed by atoms with van der Waals surface area (Å²) in [5.41, 5.74) is 3.49. The number of aryl methyl sites for hydroxylation is 2. The normalized spacial score (nSPS) is 10.4. The number of aromatic nitrogens is 3. The molecule has 0 fully saturated rings. The molecular weight excluding hydrogens is 428 g/mol. The van der Waals surface area contributed by atoms with Crippen molar-refractivity contribution in [1.29, 1.82) is 0 Å². The van der Waals surface area contributed by atoms with E-state index in [2.05, 4.69) is 30.9 Å². The fraction of sp³-hybridized carbons (Fsp3) is 0.154. The number of nitrogens with zero attached hydrogens (tertiary/aromatic N) is 3. The molecule has 0 aliphatic rings. The fourth-order valence-corrected chi connectivity index (χ4v) is 3.44. The Kier molecular flexibility index (Phi) is 6.98. The number of benzene rings is 2. The molecule has 0 spiro atoms. The minimum absolute atomic E-state index is 0.114. The molecule has 172 valence electrons. The average Bonchev–Trinajstić information content (AvgIpc) is 2.80. The first-order valence-electron chi connectivity index (χ1n) is 10.8. The molecule has 0 saturated carbocycles. The van der Waals surface area contributed by atoms with Gasteiger partial charge in [-0.25, -0.2) is 15.0 Å². The molecule has 0 atom stereocenters. The lowest BCUT2D eigenvalue weighted by atomic mass is 10.1. The summed E-state index contributed by atoms with van der Waals surface area (Å²) in [6, 6.07) is 20.6. The molecule has 3 N–H and O–H groups in total. The lowest BCUT2D eigenvalue weighted by Crippen LogP contribution is -2.14. The van der Waals surface area contributed by atoms with Crippen molar-refractivity contribution in [3.05, 3.63) is 89.9 Å². The average molecular weight is 455 g/mol. The van der Waals surface area contributed by atoms with Gasteiger partial charge in [-0.05, 0) is 61.9 Å². The highest BCUT2D eigenvalue weighted by molar-refractivity contribution is 5.92. The second-order valence-electron chi connectivity index (χ2n) is 7.77. The van der Waals surface area contributed by atoms with Crippen molar-refractivity contribution in [3.8, 4) is 5.75 Å². The highest BCUT2D eigenvalue weighted by Crippen LogP contribution is 2.22. The van der Waals surface area contributed by atoms with Gasteiger partial charge in [0.15, 0.2) is 0 Å². The summed E-state index contributed by atoms with van der Waals surface area (Å²) in [6.45, 7) is 3.84. The van der Waals surface area contributed by atoms with Crippen molar-refractivity contribution in [3.63, 3.8) is 0 Å². The SMILES string of the molecule is COc1ccccc1CC(=O)Nc1ccc(Nc2cc(Nc3cc(C)ccn3)nc(C)n2)cc1. The highest BCUT2D eigenvalue weighted by atomic mass is 16.5. The molecule has 0 saturated heterocycles. The molecule has 4 aromatic rings. The zero-order chi connectivity index (χ0) is 23.9. The van der Waals surface area contributed by atoms with Gasteiger partial charge in [-0.1, -0.05) is 18.2 Å². The first kappa shape index (κ1) is 22.7. The fourth-order valence-electron chi connectivity index (χ4n) is 3.44. The largest absolute Gasteiger partial charge is 0.496 e. The second-order valence-corrected chi connectivity index (χ2v) is 7.77. The Morgan fingerprint density at radius 3 is 2.29 bits per heavy atom. The summed E-state index contributed by atoms with van der Waals surface area (Å²) in [5.74, 6) is 3.23. The van der Waals surface area contributed by atoms with Gasteiger partial charge in [0.1, 0.15) is 29.0 Å². The van der Waals surface area contributed by atoms with Gasteiger partial charge in [0, 0.05) is 29.2 Å². The van der Waals surface area contributed by atoms with Crippen LogP contribution in [0.5, 0.6) is 5.75 Å². The van der Waals surface area contributed by atoms with Crippen LogP contribution in [0.2, 0.25) is 0 Å². The molecule has 0 radical (unpaired) electrons. The van der Waals surface area contributed by atoms with Crippen molar-refractivity contribution >= 4 is 34.7 Å². The van der Waals surface area contributed by atoms with Gasteiger partial charge in [0.25, 0.3) is 0 Å². The number of ether oxygens (including phenoxy) is 1. The van der Waals surface area contributed by atoms with E-state index < -0.39 is 0 Å². The van der Waals surface area contributed by atoms with E-state index in [9.17, 15) is 4.79 Å². The molecule has 2 aromatic carbocycles. The molecule has 8 heteroatoms. The number of carbonyl (C=O) groups is 1. The Morgan fingerprint density at radius 1 is 0.853 bits per heavy atom. The lowest BCUT2D eigenvalue weighted by molar-refractivity contribution is -0.115. The third kappa shape index (κ3) is 6.07. The molecular formula is C26H26N6O2. The van der Waals surface area contributed by atoms with Crippen LogP contribution in [-0.4, -0.2) is 28.0 Å². The van der Waals surface area contributed by atoms with E-state index in [0.717, 1.165) is 22.6 Å². The van der Waals surface area contributed by atoms with E-state index in [0.29, 0.717) is 28.9 Å². The van der Waals surface area contributed by atoms with Crippen molar-refractivity contribution in [2.24, 2.45) is 0 Å². The first-order chi connectivity index (χ1) is 16.5. The van der Waals surface area contributed by atoms with Crippen molar-refractivity contribution in [2.45, 2.75) is 20.3 Å². The lowest BCUT2D eigenvalue weighted by Gasteiger charge is -2.11. The van der Waals surface area contributed by atoms with Gasteiger partial charge in [0.2, 0.25) is 5.91 Å². The third-order valence-electron chi connectivity index (χ3n) is 4.99. The van der Waals surface area contributed by atoms with Gasteiger partial charge in [-0.3, -0.25) is 4.79 Å². The smallest absolute Gasteiger partial charge is 0.228 e. The van der Waals surface area contributed by atoms with E-state index in [1.807, 2.05) is 80.6 Å². The molecule has 8 nitrogen and oxygen atoms in total. The van der Waals surface area contributed by atoms with Crippen LogP contribution in [0.1, 0.15) is 17.0 Å². The Balaban J connectivity index is 1.39. The summed E-state index contributed by atoms with van der Waals surface area (Å²) in [7, 11) is 1.60. The minimum atomic E-state index is -0.114. The van der Waals surface area contributed by atoms with Gasteiger partial charge in [-0.15, -0.1) is 0 Å². The number of hydrogen-bond donors (Lipinski definition) is 3. The molecule has 0 unspecified atom stereocenters. The number of carbonyl (C=O) groups excluding carboxylic acids is 1. The zero-order valence-electron chi connectivity index (χ0n) is 19.3. The highest BCUT2D eigenvalue weighted by Gasteiger charge is 2.09. The van der Waals surface area contributed by atoms with Gasteiger partial charge in [0.05, 0.1) is 13.5 Å². The Labute approximate surface area is 198 Å². The van der Waals surface area contributed by atoms with Crippen LogP contribution in [-0.2, 0) is 11.2 Å². The molecule has 0 bridgehead atoms. The van der Waals surface area contributed by atoms with E-state index in [-0.39, 0.29) is 12.3 Å². The molecule has 34 heavy (non-hydrogen) atoms. The summed E-state index contributed by atoms with van der Waals surface area (Å²) in [6.07, 6.45) is 1.98. The molecule has 0 aliphatic heterocycles. The molecule has 0 aliphatic carbocycles. The van der Waals surface area contributed by atoms with Crippen LogP contribution < -0.4 is 20.7 Å². The van der Waals surface area contributed by atoms with Crippen LogP contribution in [0.25, 0.3) is 0 Å². The Morgan fingerprint density at radius 2 is 1.56 bits per heavy atom. The minimum Gasteiger partial charge on any atom is -0.496 e. The second kappa shape index (κ2) is 10.4. The van der Waals surface area contributed by atoms with Crippen LogP contribution >= 0.6 is 0 Å². The molecule has 2 heterocycles. The zero-order valence-corrected chi connectivity index (χ0v) is 19.3. The van der Waals surface area contributed by atoms with Crippen molar-refractivity contribution in [1.82, 2.24) is 15.0 Å². The summed E-state index contributed by atoms with van der Waals surface area (Å²) < 4.78 is 5.32. The Hall–Kier alpha value is -4.46. The summed E-state index contributed by atoms with van der Waals surface area (Å²) >= 11 is 0. The van der Waals surface area contributed by atoms with E-state index >= 15 is 0 Å². The summed E-state index contributed by atoms with van der Waals surface area (Å²) in [4.78, 5) is 25.7. The third-order valence-corrected chi connectivity index (χ3v) is 4.99. The molecule has 4 rings (SSSR count). The van der Waals surface area contributed by atoms with E-state index in [4.69, 9.17) is 4.74 Å². The van der Waals surface area contributed by atoms with Gasteiger partial charge in [-0.2, -0.15) is 0 Å². The van der Waals surface area contributed by atoms with Crippen LogP contribution in [0.15, 0.2) is 72.9 Å². The van der Waals surface area contributed by atoms with Crippen molar-refractivity contribution < 1.29 is 9.53 Å². The number of para-hydroxylation sites is 1. The number of nitrogens with one attached hydrogen (secondary N) is 3. The number of methoxy groups -OCH3 is 1. The molecule has 2 aromatic heterocycles. The van der Waals surface area contributed by atoms with Gasteiger partial charge < -0.3 is 20.7 Å². The van der Waals surface area contributed by atoms with Crippen molar-refractivity contribution in [2.75, 3.05) is 23.1 Å². The first-order valence-corrected chi connectivity index (χ1v) is 10.8. The standard InChI is InChI=1S/C26H26N6O2/c1-17-12-13-27-23(14-17)32-25-16-24(28-18(2)29-25)30-20-8-10-21(11-9-20)31-26(33)15-19-6-4-5-7-22(19)34-3/h4-14,16H,15H2,1-3H3,(H,31,33)(H2,27,28,29,30,32). The predicted octanol–water partition coefficient (Wildman–Crippen LogP) is 5.17. The van der Waals surface area contributed by atoms with Crippen LogP contribution in [0.3, 0.4) is 0 Å². The summed E-state index contributed by atoms with van der Waals surface area (Å²) in [5, 5.41) is 9.41. The van der Waals surface area contributed by atoms with E-state index in [1.165, 1.54) is 0 Å². The van der Waals surface area contributed by atoms with E-state index in [1.54, 1.807) is 13.3 Å². The van der Waals surface area contributed by atoms with Crippen LogP contribution in [0.4, 0.5) is 28.8 Å². The Bertz CT molecular complexity index is 1290. The van der Waals surface area contributed by atoms with Crippen LogP contribution in [0, 0.1) is 13.8 Å². The predicted molar refractivity (Wildman–Crippen MR) is 134 cm³/mol. The quantitative estimate of drug-likeness (QED) is 0.338.